The molecular weight excluding hydrogens is 300 g/mol. The zero-order valence-electron chi connectivity index (χ0n) is 11.4. The number of pyridine rings is 1. The number of halogens is 1. The number of hydrogen-bond donors (Lipinski definition) is 1. The van der Waals surface area contributed by atoms with E-state index in [2.05, 4.69) is 63.5 Å². The first-order chi connectivity index (χ1) is 9.20. The quantitative estimate of drug-likeness (QED) is 0.891. The SMILES string of the molecule is CCCNC(c1ccc(C)nc1)c1cccc(Br)c1. The fourth-order valence-electron chi connectivity index (χ4n) is 2.05. The average molecular weight is 319 g/mol. The van der Waals surface area contributed by atoms with Gasteiger partial charge in [-0.1, -0.05) is 41.1 Å². The molecule has 0 aliphatic heterocycles. The minimum atomic E-state index is 0.200. The molecule has 1 aromatic carbocycles. The van der Waals surface area contributed by atoms with Crippen LogP contribution in [0.5, 0.6) is 0 Å². The molecule has 0 spiro atoms. The van der Waals surface area contributed by atoms with Crippen LogP contribution in [0.25, 0.3) is 0 Å². The highest BCUT2D eigenvalue weighted by Crippen LogP contribution is 2.24. The molecule has 0 saturated carbocycles. The maximum Gasteiger partial charge on any atom is 0.0592 e. The van der Waals surface area contributed by atoms with Gasteiger partial charge in [0.15, 0.2) is 0 Å². The molecule has 1 N–H and O–H groups in total. The number of nitrogens with one attached hydrogen (secondary N) is 1. The van der Waals surface area contributed by atoms with E-state index in [1.807, 2.05) is 19.2 Å². The molecule has 2 aromatic rings. The lowest BCUT2D eigenvalue weighted by Gasteiger charge is -2.19. The fraction of sp³-hybridized carbons (Fsp3) is 0.312. The van der Waals surface area contributed by atoms with Gasteiger partial charge in [-0.15, -0.1) is 0 Å². The Balaban J connectivity index is 2.32. The molecule has 19 heavy (non-hydrogen) atoms. The van der Waals surface area contributed by atoms with Crippen molar-refractivity contribution in [1.29, 1.82) is 0 Å². The summed E-state index contributed by atoms with van der Waals surface area (Å²) in [5.41, 5.74) is 3.51. The maximum atomic E-state index is 4.40. The van der Waals surface area contributed by atoms with E-state index in [1.165, 1.54) is 11.1 Å². The van der Waals surface area contributed by atoms with Crippen LogP contribution in [0.15, 0.2) is 47.1 Å². The summed E-state index contributed by atoms with van der Waals surface area (Å²) in [6.45, 7) is 5.18. The average Bonchev–Trinajstić information content (AvgIpc) is 2.41. The molecule has 0 bridgehead atoms. The smallest absolute Gasteiger partial charge is 0.0592 e. The van der Waals surface area contributed by atoms with Crippen LogP contribution in [-0.2, 0) is 0 Å². The topological polar surface area (TPSA) is 24.9 Å². The van der Waals surface area contributed by atoms with E-state index in [0.717, 1.165) is 23.1 Å². The van der Waals surface area contributed by atoms with Gasteiger partial charge < -0.3 is 5.32 Å². The van der Waals surface area contributed by atoms with Crippen LogP contribution in [-0.4, -0.2) is 11.5 Å². The van der Waals surface area contributed by atoms with Crippen molar-refractivity contribution in [3.8, 4) is 0 Å². The Kier molecular flexibility index (Phi) is 5.11. The number of benzene rings is 1. The molecule has 0 aliphatic rings. The monoisotopic (exact) mass is 318 g/mol. The summed E-state index contributed by atoms with van der Waals surface area (Å²) in [5.74, 6) is 0. The van der Waals surface area contributed by atoms with Crippen molar-refractivity contribution in [2.24, 2.45) is 0 Å². The Morgan fingerprint density at radius 2 is 2.05 bits per heavy atom. The van der Waals surface area contributed by atoms with Crippen molar-refractivity contribution >= 4 is 15.9 Å². The summed E-state index contributed by atoms with van der Waals surface area (Å²) in [6, 6.07) is 12.8. The molecule has 0 saturated heterocycles. The zero-order chi connectivity index (χ0) is 13.7. The summed E-state index contributed by atoms with van der Waals surface area (Å²) in [6.07, 6.45) is 3.08. The van der Waals surface area contributed by atoms with Crippen LogP contribution < -0.4 is 5.32 Å². The molecule has 2 nitrogen and oxygen atoms in total. The molecule has 2 rings (SSSR count). The van der Waals surface area contributed by atoms with E-state index >= 15 is 0 Å². The summed E-state index contributed by atoms with van der Waals surface area (Å²) in [5, 5.41) is 3.59. The molecule has 0 aliphatic carbocycles. The largest absolute Gasteiger partial charge is 0.306 e. The first-order valence-electron chi connectivity index (χ1n) is 6.62. The van der Waals surface area contributed by atoms with Crippen LogP contribution in [0.4, 0.5) is 0 Å². The Labute approximate surface area is 123 Å². The Hall–Kier alpha value is -1.19. The van der Waals surface area contributed by atoms with Crippen molar-refractivity contribution in [2.45, 2.75) is 26.3 Å². The van der Waals surface area contributed by atoms with E-state index < -0.39 is 0 Å². The van der Waals surface area contributed by atoms with Crippen LogP contribution >= 0.6 is 15.9 Å². The second-order valence-electron chi connectivity index (χ2n) is 4.68. The standard InChI is InChI=1S/C16H19BrN2/c1-3-9-18-16(13-5-4-6-15(17)10-13)14-8-7-12(2)19-11-14/h4-8,10-11,16,18H,3,9H2,1-2H3. The van der Waals surface area contributed by atoms with E-state index in [9.17, 15) is 0 Å². The van der Waals surface area contributed by atoms with Gasteiger partial charge in [-0.3, -0.25) is 4.98 Å². The van der Waals surface area contributed by atoms with Gasteiger partial charge in [0.25, 0.3) is 0 Å². The molecule has 1 aromatic heterocycles. The molecular formula is C16H19BrN2. The van der Waals surface area contributed by atoms with E-state index in [-0.39, 0.29) is 6.04 Å². The first-order valence-corrected chi connectivity index (χ1v) is 7.41. The highest BCUT2D eigenvalue weighted by atomic mass is 79.9. The minimum absolute atomic E-state index is 0.200. The van der Waals surface area contributed by atoms with Crippen LogP contribution in [0, 0.1) is 6.92 Å². The van der Waals surface area contributed by atoms with E-state index in [0.29, 0.717) is 0 Å². The third-order valence-corrected chi connectivity index (χ3v) is 3.54. The van der Waals surface area contributed by atoms with Gasteiger partial charge in [-0.2, -0.15) is 0 Å². The van der Waals surface area contributed by atoms with E-state index in [4.69, 9.17) is 0 Å². The highest BCUT2D eigenvalue weighted by molar-refractivity contribution is 9.10. The number of aromatic nitrogens is 1. The Morgan fingerprint density at radius 1 is 1.21 bits per heavy atom. The predicted octanol–water partition coefficient (Wildman–Crippen LogP) is 4.24. The van der Waals surface area contributed by atoms with Gasteiger partial charge in [0.2, 0.25) is 0 Å². The van der Waals surface area contributed by atoms with E-state index in [1.54, 1.807) is 0 Å². The predicted molar refractivity (Wildman–Crippen MR) is 83.3 cm³/mol. The van der Waals surface area contributed by atoms with Gasteiger partial charge in [-0.05, 0) is 49.2 Å². The molecule has 100 valence electrons. The lowest BCUT2D eigenvalue weighted by molar-refractivity contribution is 0.596. The fourth-order valence-corrected chi connectivity index (χ4v) is 2.47. The molecule has 1 atom stereocenters. The number of rotatable bonds is 5. The van der Waals surface area contributed by atoms with Gasteiger partial charge >= 0.3 is 0 Å². The van der Waals surface area contributed by atoms with Crippen LogP contribution in [0.2, 0.25) is 0 Å². The van der Waals surface area contributed by atoms with Crippen molar-refractivity contribution in [3.05, 3.63) is 63.9 Å². The number of hydrogen-bond acceptors (Lipinski definition) is 2. The third-order valence-electron chi connectivity index (χ3n) is 3.05. The van der Waals surface area contributed by atoms with Crippen molar-refractivity contribution in [3.63, 3.8) is 0 Å². The summed E-state index contributed by atoms with van der Waals surface area (Å²) in [4.78, 5) is 4.40. The molecule has 0 fully saturated rings. The molecule has 3 heteroatoms. The van der Waals surface area contributed by atoms with Gasteiger partial charge in [0.05, 0.1) is 6.04 Å². The van der Waals surface area contributed by atoms with Crippen molar-refractivity contribution < 1.29 is 0 Å². The third kappa shape index (κ3) is 3.88. The van der Waals surface area contributed by atoms with Gasteiger partial charge in [-0.25, -0.2) is 0 Å². The maximum absolute atomic E-state index is 4.40. The van der Waals surface area contributed by atoms with Gasteiger partial charge in [0.1, 0.15) is 0 Å². The lowest BCUT2D eigenvalue weighted by Crippen LogP contribution is -2.23. The summed E-state index contributed by atoms with van der Waals surface area (Å²) < 4.78 is 1.10. The van der Waals surface area contributed by atoms with Crippen molar-refractivity contribution in [2.75, 3.05) is 6.54 Å². The van der Waals surface area contributed by atoms with Crippen LogP contribution in [0.3, 0.4) is 0 Å². The Bertz CT molecular complexity index is 523. The second kappa shape index (κ2) is 6.83. The zero-order valence-corrected chi connectivity index (χ0v) is 12.9. The highest BCUT2D eigenvalue weighted by Gasteiger charge is 2.13. The second-order valence-corrected chi connectivity index (χ2v) is 5.59. The first kappa shape index (κ1) is 14.2. The van der Waals surface area contributed by atoms with Crippen molar-refractivity contribution in [1.82, 2.24) is 10.3 Å². The molecule has 0 amide bonds. The molecule has 0 radical (unpaired) electrons. The lowest BCUT2D eigenvalue weighted by atomic mass is 10.00. The summed E-state index contributed by atoms with van der Waals surface area (Å²) >= 11 is 3.54. The normalized spacial score (nSPS) is 12.4. The molecule has 1 heterocycles. The number of nitrogens with zero attached hydrogens (tertiary/aromatic N) is 1. The Morgan fingerprint density at radius 3 is 2.68 bits per heavy atom. The summed E-state index contributed by atoms with van der Waals surface area (Å²) in [7, 11) is 0. The van der Waals surface area contributed by atoms with Crippen LogP contribution in [0.1, 0.15) is 36.2 Å². The minimum Gasteiger partial charge on any atom is -0.306 e. The molecule has 1 unspecified atom stereocenters. The number of aryl methyl sites for hydroxylation is 1. The van der Waals surface area contributed by atoms with Gasteiger partial charge in [0, 0.05) is 16.4 Å².